The summed E-state index contributed by atoms with van der Waals surface area (Å²) in [6, 6.07) is 15.5. The molecule has 3 nitrogen and oxygen atoms in total. The lowest BCUT2D eigenvalue weighted by atomic mass is 10.0. The first-order valence-electron chi connectivity index (χ1n) is 7.99. The third-order valence-electron chi connectivity index (χ3n) is 3.92. The van der Waals surface area contributed by atoms with Gasteiger partial charge in [0.1, 0.15) is 17.9 Å². The highest BCUT2D eigenvalue weighted by Gasteiger charge is 2.13. The number of hydrogen-bond acceptors (Lipinski definition) is 3. The van der Waals surface area contributed by atoms with Gasteiger partial charge in [-0.1, -0.05) is 49.6 Å². The first-order valence-corrected chi connectivity index (χ1v) is 8.78. The SMILES string of the molecule is C=C/C(=C(/OCc1cc(Br)c2occc2c1)C(=C)C=O)c1ccccc1. The van der Waals surface area contributed by atoms with Crippen molar-refractivity contribution in [3.8, 4) is 0 Å². The van der Waals surface area contributed by atoms with Crippen molar-refractivity contribution in [2.75, 3.05) is 0 Å². The van der Waals surface area contributed by atoms with Crippen molar-refractivity contribution >= 4 is 38.8 Å². The fraction of sp³-hybridized carbons (Fsp3) is 0.0455. The molecule has 0 fully saturated rings. The molecule has 3 rings (SSSR count). The zero-order valence-electron chi connectivity index (χ0n) is 14.1. The minimum Gasteiger partial charge on any atom is -0.488 e. The van der Waals surface area contributed by atoms with Gasteiger partial charge in [-0.25, -0.2) is 0 Å². The van der Waals surface area contributed by atoms with E-state index >= 15 is 0 Å². The lowest BCUT2D eigenvalue weighted by molar-refractivity contribution is -0.105. The normalized spacial score (nSPS) is 11.7. The second-order valence-corrected chi connectivity index (χ2v) is 6.52. The largest absolute Gasteiger partial charge is 0.488 e. The van der Waals surface area contributed by atoms with Gasteiger partial charge in [0, 0.05) is 16.5 Å². The van der Waals surface area contributed by atoms with E-state index < -0.39 is 0 Å². The molecule has 0 amide bonds. The van der Waals surface area contributed by atoms with Crippen LogP contribution in [0, 0.1) is 0 Å². The molecule has 0 spiro atoms. The van der Waals surface area contributed by atoms with Crippen LogP contribution in [0.25, 0.3) is 16.5 Å². The van der Waals surface area contributed by atoms with Gasteiger partial charge >= 0.3 is 0 Å². The molecule has 0 unspecified atom stereocenters. The van der Waals surface area contributed by atoms with Crippen LogP contribution < -0.4 is 0 Å². The molecule has 2 aromatic carbocycles. The Balaban J connectivity index is 1.95. The third-order valence-corrected chi connectivity index (χ3v) is 4.51. The third kappa shape index (κ3) is 3.70. The summed E-state index contributed by atoms with van der Waals surface area (Å²) in [7, 11) is 0. The number of carbonyl (C=O) groups is 1. The topological polar surface area (TPSA) is 39.4 Å². The summed E-state index contributed by atoms with van der Waals surface area (Å²) in [4.78, 5) is 11.3. The van der Waals surface area contributed by atoms with Crippen LogP contribution in [0.2, 0.25) is 0 Å². The Morgan fingerprint density at radius 2 is 1.96 bits per heavy atom. The summed E-state index contributed by atoms with van der Waals surface area (Å²) < 4.78 is 12.3. The van der Waals surface area contributed by atoms with Gasteiger partial charge in [-0.3, -0.25) is 4.79 Å². The van der Waals surface area contributed by atoms with Gasteiger partial charge in [-0.2, -0.15) is 0 Å². The predicted molar refractivity (Wildman–Crippen MR) is 107 cm³/mol. The molecule has 130 valence electrons. The van der Waals surface area contributed by atoms with Crippen molar-refractivity contribution in [3.05, 3.63) is 101 Å². The molecule has 0 radical (unpaired) electrons. The zero-order valence-corrected chi connectivity index (χ0v) is 15.7. The van der Waals surface area contributed by atoms with Gasteiger partial charge < -0.3 is 9.15 Å². The Kier molecular flexibility index (Phi) is 5.54. The number of benzene rings is 2. The average Bonchev–Trinajstić information content (AvgIpc) is 3.14. The molecule has 0 saturated heterocycles. The Bertz CT molecular complexity index is 997. The van der Waals surface area contributed by atoms with Crippen LogP contribution in [-0.2, 0) is 16.1 Å². The summed E-state index contributed by atoms with van der Waals surface area (Å²) >= 11 is 3.50. The molecule has 0 saturated carbocycles. The summed E-state index contributed by atoms with van der Waals surface area (Å²) in [5.41, 5.74) is 3.64. The highest BCUT2D eigenvalue weighted by atomic mass is 79.9. The first kappa shape index (κ1) is 18.0. The van der Waals surface area contributed by atoms with E-state index in [9.17, 15) is 4.79 Å². The monoisotopic (exact) mass is 408 g/mol. The average molecular weight is 409 g/mol. The Hall–Kier alpha value is -2.85. The maximum absolute atomic E-state index is 11.3. The Labute approximate surface area is 160 Å². The number of allylic oxidation sites excluding steroid dienone is 3. The lowest BCUT2D eigenvalue weighted by Crippen LogP contribution is -2.01. The Morgan fingerprint density at radius 3 is 2.65 bits per heavy atom. The van der Waals surface area contributed by atoms with E-state index in [0.29, 0.717) is 12.0 Å². The van der Waals surface area contributed by atoms with Gasteiger partial charge in [0.25, 0.3) is 0 Å². The van der Waals surface area contributed by atoms with Gasteiger partial charge in [0.2, 0.25) is 0 Å². The van der Waals surface area contributed by atoms with Gasteiger partial charge in [0.05, 0.1) is 10.7 Å². The van der Waals surface area contributed by atoms with Crippen LogP contribution in [-0.4, -0.2) is 6.29 Å². The van der Waals surface area contributed by atoms with E-state index in [2.05, 4.69) is 29.1 Å². The second-order valence-electron chi connectivity index (χ2n) is 5.66. The van der Waals surface area contributed by atoms with E-state index in [0.717, 1.165) is 32.1 Å². The summed E-state index contributed by atoms with van der Waals surface area (Å²) in [5.74, 6) is 0.421. The lowest BCUT2D eigenvalue weighted by Gasteiger charge is -2.15. The molecule has 0 aliphatic heterocycles. The van der Waals surface area contributed by atoms with Crippen LogP contribution in [0.4, 0.5) is 0 Å². The van der Waals surface area contributed by atoms with Gasteiger partial charge in [-0.15, -0.1) is 0 Å². The molecular weight excluding hydrogens is 392 g/mol. The highest BCUT2D eigenvalue weighted by molar-refractivity contribution is 9.10. The van der Waals surface area contributed by atoms with Gasteiger partial charge in [0.15, 0.2) is 6.29 Å². The molecular formula is C22H17BrO3. The van der Waals surface area contributed by atoms with E-state index in [4.69, 9.17) is 9.15 Å². The van der Waals surface area contributed by atoms with Crippen LogP contribution in [0.15, 0.2) is 94.3 Å². The van der Waals surface area contributed by atoms with E-state index in [-0.39, 0.29) is 12.2 Å². The summed E-state index contributed by atoms with van der Waals surface area (Å²) in [6.45, 7) is 7.96. The van der Waals surface area contributed by atoms with Crippen molar-refractivity contribution in [2.24, 2.45) is 0 Å². The van der Waals surface area contributed by atoms with Crippen LogP contribution in [0.3, 0.4) is 0 Å². The van der Waals surface area contributed by atoms with Crippen molar-refractivity contribution in [3.63, 3.8) is 0 Å². The van der Waals surface area contributed by atoms with E-state index in [1.54, 1.807) is 12.3 Å². The van der Waals surface area contributed by atoms with Gasteiger partial charge in [-0.05, 0) is 45.3 Å². The number of aldehydes is 1. The van der Waals surface area contributed by atoms with E-state index in [1.807, 2.05) is 48.5 Å². The number of carbonyl (C=O) groups excluding carboxylic acids is 1. The molecule has 1 aromatic heterocycles. The maximum Gasteiger partial charge on any atom is 0.153 e. The first-order chi connectivity index (χ1) is 12.6. The van der Waals surface area contributed by atoms with Crippen LogP contribution in [0.1, 0.15) is 11.1 Å². The number of furan rings is 1. The summed E-state index contributed by atoms with van der Waals surface area (Å²) in [6.07, 6.45) is 4.01. The minimum absolute atomic E-state index is 0.271. The fourth-order valence-corrected chi connectivity index (χ4v) is 3.31. The number of hydrogen-bond donors (Lipinski definition) is 0. The van der Waals surface area contributed by atoms with Crippen molar-refractivity contribution in [1.82, 2.24) is 0 Å². The standard InChI is InChI=1S/C22H17BrO3/c1-3-19(17-7-5-4-6-8-17)21(15(2)13-24)26-14-16-11-18-9-10-25-22(18)20(23)12-16/h3-13H,1-2,14H2/b21-19-. The molecule has 4 heteroatoms. The number of rotatable bonds is 7. The predicted octanol–water partition coefficient (Wildman–Crippen LogP) is 6.06. The molecule has 0 bridgehead atoms. The molecule has 0 aliphatic carbocycles. The van der Waals surface area contributed by atoms with Crippen LogP contribution >= 0.6 is 15.9 Å². The van der Waals surface area contributed by atoms with Crippen molar-refractivity contribution in [2.45, 2.75) is 6.61 Å². The zero-order chi connectivity index (χ0) is 18.5. The molecule has 0 aliphatic rings. The number of fused-ring (bicyclic) bond motifs is 1. The van der Waals surface area contributed by atoms with Crippen LogP contribution in [0.5, 0.6) is 0 Å². The Morgan fingerprint density at radius 1 is 1.19 bits per heavy atom. The maximum atomic E-state index is 11.3. The highest BCUT2D eigenvalue weighted by Crippen LogP contribution is 2.29. The van der Waals surface area contributed by atoms with Crippen molar-refractivity contribution in [1.29, 1.82) is 0 Å². The number of ether oxygens (including phenoxy) is 1. The molecule has 0 N–H and O–H groups in total. The second kappa shape index (κ2) is 8.02. The molecule has 1 heterocycles. The molecule has 0 atom stereocenters. The number of halogens is 1. The minimum atomic E-state index is 0.271. The molecule has 26 heavy (non-hydrogen) atoms. The quantitative estimate of drug-likeness (QED) is 0.206. The molecule has 3 aromatic rings. The smallest absolute Gasteiger partial charge is 0.153 e. The summed E-state index contributed by atoms with van der Waals surface area (Å²) in [5, 5.41) is 0.977. The fourth-order valence-electron chi connectivity index (χ4n) is 2.69. The van der Waals surface area contributed by atoms with Crippen molar-refractivity contribution < 1.29 is 13.9 Å². The van der Waals surface area contributed by atoms with E-state index in [1.165, 1.54) is 0 Å².